The largest absolute Gasteiger partial charge is 0.508 e. The number of hydrogen-bond acceptors (Lipinski definition) is 25. The molecule has 5 aromatic rings. The molecule has 11 bridgehead atoms. The molecule has 2 saturated heterocycles. The molecule has 0 unspecified atom stereocenters. The van der Waals surface area contributed by atoms with Crippen LogP contribution < -0.4 is 62.9 Å². The lowest BCUT2D eigenvalue weighted by atomic mass is 9.86. The Bertz CT molecular complexity index is 4080. The van der Waals surface area contributed by atoms with Gasteiger partial charge in [0.25, 0.3) is 0 Å². The second kappa shape index (κ2) is 31.4. The number of carbonyl (C=O) groups is 8. The van der Waals surface area contributed by atoms with Crippen molar-refractivity contribution in [3.8, 4) is 57.1 Å². The SMILES string of the molecule is CN[C@H](CC(C)C)C(=O)N[C@@H]1C(=O)N[C@@H](CC(N)=O)C(=O)N[C@H]2C(=O)N[C@H]3C(=O)N[C@H](C(=O)N[C@@H](C(=O)O)c4cc(O)cc(O)c4-c4cc3ccc4O)[C@H](O)c3ccc(c(Cl)c3)Oc3cc2cc(c3O[C@H]2O[C@@H](CO)[C@H](O)[C@@H](O)[C@@H]2O[C@@H]2C[C@@](C)(N)[C@@H](O)[C@@H](C)O2)Oc2ccc(cc2Cl)[C@H]1O.Cl. The minimum Gasteiger partial charge on any atom is -0.508 e. The molecule has 21 N–H and O–H groups in total. The maximum atomic E-state index is 16.0. The van der Waals surface area contributed by atoms with E-state index in [1.165, 1.54) is 33.0 Å². The monoisotopic (exact) mass is 1480 g/mol. The van der Waals surface area contributed by atoms with Crippen LogP contribution in [0.15, 0.2) is 78.9 Å². The van der Waals surface area contributed by atoms with Gasteiger partial charge in [0.1, 0.15) is 89.5 Å². The molecule has 102 heavy (non-hydrogen) atoms. The Balaban J connectivity index is 0.0000121. The first-order valence-electron chi connectivity index (χ1n) is 31.6. The predicted octanol–water partition coefficient (Wildman–Crippen LogP) is 0.528. The number of amides is 7. The molecule has 7 heterocycles. The summed E-state index contributed by atoms with van der Waals surface area (Å²) in [7, 11) is 1.47. The van der Waals surface area contributed by atoms with Crippen LogP contribution in [0.5, 0.6) is 46.0 Å². The molecule has 0 aliphatic carbocycles. The fraction of sp³-hybridized carbons (Fsp3) is 0.424. The maximum Gasteiger partial charge on any atom is 0.330 e. The molecule has 0 radical (unpaired) electrons. The quantitative estimate of drug-likeness (QED) is 0.0764. The first kappa shape index (κ1) is 77.3. The Kier molecular flexibility index (Phi) is 23.8. The molecule has 12 rings (SSSR count). The van der Waals surface area contributed by atoms with Gasteiger partial charge in [-0.1, -0.05) is 55.2 Å². The van der Waals surface area contributed by atoms with Gasteiger partial charge in [-0.2, -0.15) is 0 Å². The zero-order chi connectivity index (χ0) is 73.5. The summed E-state index contributed by atoms with van der Waals surface area (Å²) in [6, 6.07) is -0.679. The number of aliphatic hydroxyl groups excluding tert-OH is 6. The number of rotatable bonds is 13. The van der Waals surface area contributed by atoms with Crippen LogP contribution in [0.1, 0.15) is 105 Å². The van der Waals surface area contributed by atoms with Crippen molar-refractivity contribution in [1.29, 1.82) is 0 Å². The van der Waals surface area contributed by atoms with Gasteiger partial charge in [-0.25, -0.2) is 4.79 Å². The predicted molar refractivity (Wildman–Crippen MR) is 357 cm³/mol. The van der Waals surface area contributed by atoms with Crippen LogP contribution in [0.25, 0.3) is 11.1 Å². The molecule has 36 heteroatoms. The fourth-order valence-corrected chi connectivity index (χ4v) is 12.9. The number of primary amides is 1. The van der Waals surface area contributed by atoms with E-state index in [4.69, 9.17) is 63.1 Å². The lowest BCUT2D eigenvalue weighted by molar-refractivity contribution is -0.333. The van der Waals surface area contributed by atoms with E-state index in [1.54, 1.807) is 0 Å². The van der Waals surface area contributed by atoms with E-state index in [1.807, 2.05) is 13.8 Å². The van der Waals surface area contributed by atoms with E-state index in [9.17, 15) is 75.0 Å². The molecule has 7 amide bonds. The number of fused-ring (bicyclic) bond motifs is 15. The highest BCUT2D eigenvalue weighted by Crippen LogP contribution is 2.50. The van der Waals surface area contributed by atoms with E-state index < -0.39 is 237 Å². The maximum absolute atomic E-state index is 16.0. The van der Waals surface area contributed by atoms with E-state index in [-0.39, 0.29) is 58.6 Å². The number of aliphatic hydroxyl groups is 6. The lowest BCUT2D eigenvalue weighted by Crippen LogP contribution is -2.64. The number of phenolic OH excluding ortho intramolecular Hbond substituents is 3. The smallest absolute Gasteiger partial charge is 0.330 e. The second-order valence-corrected chi connectivity index (χ2v) is 26.5. The van der Waals surface area contributed by atoms with Crippen molar-refractivity contribution in [3.05, 3.63) is 117 Å². The number of carboxylic acids is 1. The van der Waals surface area contributed by atoms with Gasteiger partial charge in [-0.3, -0.25) is 33.6 Å². The van der Waals surface area contributed by atoms with Crippen LogP contribution in [-0.4, -0.2) is 191 Å². The normalized spacial score (nSPS) is 29.1. The van der Waals surface area contributed by atoms with Crippen molar-refractivity contribution in [3.63, 3.8) is 0 Å². The van der Waals surface area contributed by atoms with Crippen LogP contribution in [0, 0.1) is 5.92 Å². The van der Waals surface area contributed by atoms with E-state index in [0.717, 1.165) is 66.7 Å². The summed E-state index contributed by atoms with van der Waals surface area (Å²) < 4.78 is 38.3. The Hall–Kier alpha value is -8.91. The van der Waals surface area contributed by atoms with Crippen molar-refractivity contribution in [1.82, 2.24) is 37.2 Å². The molecule has 2 fully saturated rings. The number of halogens is 3. The van der Waals surface area contributed by atoms with Crippen LogP contribution in [0.4, 0.5) is 0 Å². The number of nitrogens with one attached hydrogen (secondary N) is 7. The first-order valence-corrected chi connectivity index (χ1v) is 32.4. The summed E-state index contributed by atoms with van der Waals surface area (Å²) in [5, 5.41) is 131. The summed E-state index contributed by atoms with van der Waals surface area (Å²) >= 11 is 14.1. The molecule has 7 aliphatic heterocycles. The number of nitrogens with two attached hydrogens (primary N) is 2. The number of benzene rings is 5. The number of likely N-dealkylation sites (N-methyl/N-ethyl adjacent to an activating group) is 1. The Labute approximate surface area is 596 Å². The minimum absolute atomic E-state index is 0. The van der Waals surface area contributed by atoms with Crippen molar-refractivity contribution < 1.29 is 118 Å². The van der Waals surface area contributed by atoms with Crippen LogP contribution >= 0.6 is 35.6 Å². The van der Waals surface area contributed by atoms with E-state index >= 15 is 14.4 Å². The van der Waals surface area contributed by atoms with Crippen LogP contribution in [0.3, 0.4) is 0 Å². The summed E-state index contributed by atoms with van der Waals surface area (Å²) in [5.74, 6) is -16.0. The summed E-state index contributed by atoms with van der Waals surface area (Å²) in [6.45, 7) is 5.66. The number of aliphatic carboxylic acids is 1. The summed E-state index contributed by atoms with van der Waals surface area (Å²) in [6.07, 6.45) is -18.6. The third-order valence-corrected chi connectivity index (χ3v) is 18.4. The van der Waals surface area contributed by atoms with Crippen molar-refractivity contribution in [2.24, 2.45) is 17.4 Å². The van der Waals surface area contributed by atoms with Gasteiger partial charge in [0.05, 0.1) is 41.3 Å². The molecule has 550 valence electrons. The molecular formula is C66H76Cl3N9O24. The average molecular weight is 1490 g/mol. The summed E-state index contributed by atoms with van der Waals surface area (Å²) in [4.78, 5) is 117. The zero-order valence-electron chi connectivity index (χ0n) is 54.7. The Morgan fingerprint density at radius 3 is 1.89 bits per heavy atom. The van der Waals surface area contributed by atoms with Crippen molar-refractivity contribution in [2.75, 3.05) is 13.7 Å². The molecule has 0 aromatic heterocycles. The molecule has 0 saturated carbocycles. The third kappa shape index (κ3) is 16.3. The Morgan fingerprint density at radius 2 is 1.31 bits per heavy atom. The summed E-state index contributed by atoms with van der Waals surface area (Å²) in [5.41, 5.74) is 8.00. The topological polar surface area (TPSA) is 530 Å². The molecule has 7 aliphatic rings. The van der Waals surface area contributed by atoms with Gasteiger partial charge in [-0.05, 0) is 110 Å². The standard InChI is InChI=1S/C66H75Cl2N9O24.ClH/c1-23(2)12-34(71-5)58(88)76-49-51(83)26-7-10-38(32(67)14-26)97-40-16-28-17-41(55(40)101-65-56(54(86)53(85)42(22-78)99-65)100-44-21-66(4,70)57(87)24(3)96-44)98-39-11-8-27(15-33(39)68)52(84)50-63(93)75-48(64(94)95)31-18-29(79)19-37(81)45(31)30-13-25(6-9-36(30)80)46(60(90)77-50)74-61(91)47(28)73-59(89)35(20-43(69)82)72-62(49)92;/h6-11,13-19,23-24,34-35,42,44,46-54,56-57,65,71,78-81,83-87H,12,20-22,70H2,1-5H3,(H2,69,82)(H,72,92)(H,73,89)(H,74,91)(H,75,93)(H,76,88)(H,77,90)(H,94,95);1H/t24-,34-,35+,42+,44-,46-,47-,48-,49+,50+,51-,52-,53+,54-,56+,57+,65-,66-;/m1./s1. The number of ether oxygens (including phenoxy) is 6. The third-order valence-electron chi connectivity index (χ3n) is 17.8. The van der Waals surface area contributed by atoms with Crippen molar-refractivity contribution >= 4 is 82.9 Å². The fourth-order valence-electron chi connectivity index (χ4n) is 12.5. The molecule has 0 spiro atoms. The minimum atomic E-state index is -2.35. The van der Waals surface area contributed by atoms with Gasteiger partial charge in [0.2, 0.25) is 53.4 Å². The number of aromatic hydroxyl groups is 3. The first-order chi connectivity index (χ1) is 47.7. The molecule has 18 atom stereocenters. The van der Waals surface area contributed by atoms with Gasteiger partial charge in [0, 0.05) is 34.7 Å². The number of phenols is 3. The van der Waals surface area contributed by atoms with Gasteiger partial charge >= 0.3 is 5.97 Å². The number of hydrogen-bond donors (Lipinski definition) is 19. The van der Waals surface area contributed by atoms with Gasteiger partial charge in [0.15, 0.2) is 29.9 Å². The second-order valence-electron chi connectivity index (χ2n) is 25.7. The number of carboxylic acid groups (broad SMARTS) is 1. The molecule has 5 aromatic carbocycles. The van der Waals surface area contributed by atoms with Crippen molar-refractivity contribution in [2.45, 2.75) is 156 Å². The average Bonchev–Trinajstić information content (AvgIpc) is 0.773. The Morgan fingerprint density at radius 1 is 0.716 bits per heavy atom. The van der Waals surface area contributed by atoms with Gasteiger partial charge < -0.3 is 128 Å². The highest BCUT2D eigenvalue weighted by molar-refractivity contribution is 6.32. The van der Waals surface area contributed by atoms with E-state index in [0.29, 0.717) is 0 Å². The zero-order valence-corrected chi connectivity index (χ0v) is 57.1. The van der Waals surface area contributed by atoms with E-state index in [2.05, 4.69) is 37.2 Å². The molecule has 33 nitrogen and oxygen atoms in total. The molecular weight excluding hydrogens is 1410 g/mol. The highest BCUT2D eigenvalue weighted by Gasteiger charge is 2.51. The van der Waals surface area contributed by atoms with Gasteiger partial charge in [-0.15, -0.1) is 12.4 Å². The highest BCUT2D eigenvalue weighted by atomic mass is 35.5. The lowest BCUT2D eigenvalue weighted by Gasteiger charge is -2.47. The number of carbonyl (C=O) groups excluding carboxylic acids is 7. The van der Waals surface area contributed by atoms with Crippen LogP contribution in [0.2, 0.25) is 10.0 Å². The van der Waals surface area contributed by atoms with Crippen LogP contribution in [-0.2, 0) is 52.6 Å².